The average molecular weight is 156 g/mol. The SMILES string of the molecule is CC(=O)CCCCCN=CN. The Morgan fingerprint density at radius 2 is 2.18 bits per heavy atom. The lowest BCUT2D eigenvalue weighted by Crippen LogP contribution is -1.92. The number of rotatable bonds is 6. The molecule has 3 heteroatoms. The summed E-state index contributed by atoms with van der Waals surface area (Å²) in [6.07, 6.45) is 5.10. The Kier molecular flexibility index (Phi) is 6.68. The van der Waals surface area contributed by atoms with Gasteiger partial charge in [-0.2, -0.15) is 0 Å². The van der Waals surface area contributed by atoms with E-state index in [9.17, 15) is 4.79 Å². The van der Waals surface area contributed by atoms with Gasteiger partial charge in [-0.25, -0.2) is 0 Å². The largest absolute Gasteiger partial charge is 0.390 e. The number of aliphatic imine (C=N–C) groups is 1. The van der Waals surface area contributed by atoms with Gasteiger partial charge < -0.3 is 10.5 Å². The zero-order valence-electron chi connectivity index (χ0n) is 7.05. The van der Waals surface area contributed by atoms with Gasteiger partial charge in [-0.15, -0.1) is 0 Å². The van der Waals surface area contributed by atoms with Crippen molar-refractivity contribution in [2.45, 2.75) is 32.6 Å². The van der Waals surface area contributed by atoms with Crippen LogP contribution in [0.2, 0.25) is 0 Å². The molecule has 0 aromatic heterocycles. The molecule has 0 rings (SSSR count). The molecule has 0 spiro atoms. The molecule has 64 valence electrons. The molecule has 11 heavy (non-hydrogen) atoms. The molecule has 0 aliphatic carbocycles. The zero-order valence-corrected chi connectivity index (χ0v) is 7.05. The van der Waals surface area contributed by atoms with Crippen molar-refractivity contribution in [2.24, 2.45) is 10.7 Å². The Morgan fingerprint density at radius 1 is 1.45 bits per heavy atom. The maximum absolute atomic E-state index is 10.5. The van der Waals surface area contributed by atoms with Crippen LogP contribution >= 0.6 is 0 Å². The van der Waals surface area contributed by atoms with E-state index < -0.39 is 0 Å². The number of hydrogen-bond acceptors (Lipinski definition) is 2. The fraction of sp³-hybridized carbons (Fsp3) is 0.750. The smallest absolute Gasteiger partial charge is 0.129 e. The van der Waals surface area contributed by atoms with Gasteiger partial charge in [0.1, 0.15) is 5.78 Å². The molecule has 0 aromatic rings. The summed E-state index contributed by atoms with van der Waals surface area (Å²) in [5, 5.41) is 0. The van der Waals surface area contributed by atoms with Crippen molar-refractivity contribution in [2.75, 3.05) is 6.54 Å². The van der Waals surface area contributed by atoms with E-state index in [1.54, 1.807) is 6.92 Å². The molecule has 2 N–H and O–H groups in total. The van der Waals surface area contributed by atoms with Crippen LogP contribution in [-0.4, -0.2) is 18.7 Å². The van der Waals surface area contributed by atoms with Crippen molar-refractivity contribution in [1.29, 1.82) is 0 Å². The number of ketones is 1. The molecule has 0 fully saturated rings. The summed E-state index contributed by atoms with van der Waals surface area (Å²) in [5.41, 5.74) is 5.05. The van der Waals surface area contributed by atoms with Gasteiger partial charge in [0.2, 0.25) is 0 Å². The summed E-state index contributed by atoms with van der Waals surface area (Å²) in [4.78, 5) is 14.3. The van der Waals surface area contributed by atoms with E-state index in [4.69, 9.17) is 5.73 Å². The van der Waals surface area contributed by atoms with Crippen LogP contribution in [0.5, 0.6) is 0 Å². The third-order valence-electron chi connectivity index (χ3n) is 1.42. The third-order valence-corrected chi connectivity index (χ3v) is 1.42. The maximum atomic E-state index is 10.5. The van der Waals surface area contributed by atoms with E-state index in [-0.39, 0.29) is 5.78 Å². The first kappa shape index (κ1) is 10.1. The van der Waals surface area contributed by atoms with E-state index >= 15 is 0 Å². The van der Waals surface area contributed by atoms with Gasteiger partial charge in [0, 0.05) is 13.0 Å². The fourth-order valence-electron chi connectivity index (χ4n) is 0.828. The fourth-order valence-corrected chi connectivity index (χ4v) is 0.828. The molecule has 0 atom stereocenters. The summed E-state index contributed by atoms with van der Waals surface area (Å²) in [5.74, 6) is 0.271. The summed E-state index contributed by atoms with van der Waals surface area (Å²) in [6, 6.07) is 0. The molecule has 0 aliphatic heterocycles. The van der Waals surface area contributed by atoms with Gasteiger partial charge in [0.15, 0.2) is 0 Å². The molecule has 0 saturated heterocycles. The highest BCUT2D eigenvalue weighted by molar-refractivity contribution is 5.75. The molecule has 3 nitrogen and oxygen atoms in total. The van der Waals surface area contributed by atoms with Crippen LogP contribution in [0.25, 0.3) is 0 Å². The normalized spacial score (nSPS) is 10.6. The first-order chi connectivity index (χ1) is 5.27. The zero-order chi connectivity index (χ0) is 8.53. The number of hydrogen-bond donors (Lipinski definition) is 1. The predicted octanol–water partition coefficient (Wildman–Crippen LogP) is 1.12. The number of carbonyl (C=O) groups excluding carboxylic acids is 1. The summed E-state index contributed by atoms with van der Waals surface area (Å²) >= 11 is 0. The van der Waals surface area contributed by atoms with E-state index in [0.717, 1.165) is 25.8 Å². The van der Waals surface area contributed by atoms with E-state index in [2.05, 4.69) is 4.99 Å². The lowest BCUT2D eigenvalue weighted by atomic mass is 10.1. The van der Waals surface area contributed by atoms with Crippen LogP contribution in [0.1, 0.15) is 32.6 Å². The van der Waals surface area contributed by atoms with E-state index in [1.165, 1.54) is 6.34 Å². The molecule has 0 unspecified atom stereocenters. The monoisotopic (exact) mass is 156 g/mol. The summed E-state index contributed by atoms with van der Waals surface area (Å²) < 4.78 is 0. The highest BCUT2D eigenvalue weighted by Gasteiger charge is 1.92. The first-order valence-corrected chi connectivity index (χ1v) is 3.97. The summed E-state index contributed by atoms with van der Waals surface area (Å²) in [7, 11) is 0. The van der Waals surface area contributed by atoms with Gasteiger partial charge in [-0.3, -0.25) is 4.99 Å². The maximum Gasteiger partial charge on any atom is 0.129 e. The minimum Gasteiger partial charge on any atom is -0.390 e. The minimum absolute atomic E-state index is 0.271. The van der Waals surface area contributed by atoms with Crippen molar-refractivity contribution >= 4 is 12.1 Å². The van der Waals surface area contributed by atoms with Crippen LogP contribution in [0, 0.1) is 0 Å². The average Bonchev–Trinajstić information content (AvgIpc) is 1.96. The Balaban J connectivity index is 2.96. The van der Waals surface area contributed by atoms with Crippen molar-refractivity contribution in [3.8, 4) is 0 Å². The van der Waals surface area contributed by atoms with Crippen molar-refractivity contribution in [3.63, 3.8) is 0 Å². The Hall–Kier alpha value is -0.860. The van der Waals surface area contributed by atoms with Crippen LogP contribution in [-0.2, 0) is 4.79 Å². The van der Waals surface area contributed by atoms with Crippen LogP contribution < -0.4 is 5.73 Å². The molecule has 0 aliphatic rings. The summed E-state index contributed by atoms with van der Waals surface area (Å²) in [6.45, 7) is 2.41. The first-order valence-electron chi connectivity index (χ1n) is 3.97. The van der Waals surface area contributed by atoms with Gasteiger partial charge >= 0.3 is 0 Å². The second-order valence-corrected chi connectivity index (χ2v) is 2.57. The Labute approximate surface area is 67.7 Å². The molecule has 0 aromatic carbocycles. The highest BCUT2D eigenvalue weighted by Crippen LogP contribution is 1.99. The topological polar surface area (TPSA) is 55.5 Å². The van der Waals surface area contributed by atoms with E-state index in [1.807, 2.05) is 0 Å². The van der Waals surface area contributed by atoms with Crippen LogP contribution in [0.4, 0.5) is 0 Å². The van der Waals surface area contributed by atoms with Crippen LogP contribution in [0.15, 0.2) is 4.99 Å². The van der Waals surface area contributed by atoms with Gasteiger partial charge in [-0.05, 0) is 19.8 Å². The molecular formula is C8H16N2O. The number of Topliss-reactive ketones (excluding diaryl/α,β-unsaturated/α-hetero) is 1. The second kappa shape index (κ2) is 7.25. The molecule has 0 saturated carbocycles. The van der Waals surface area contributed by atoms with Gasteiger partial charge in [0.25, 0.3) is 0 Å². The molecule has 0 heterocycles. The predicted molar refractivity (Wildman–Crippen MR) is 46.7 cm³/mol. The standard InChI is InChI=1S/C8H16N2O/c1-8(11)5-3-2-4-6-10-7-9/h7H,2-6H2,1H3,(H2,9,10). The quantitative estimate of drug-likeness (QED) is 0.356. The van der Waals surface area contributed by atoms with Crippen molar-refractivity contribution in [3.05, 3.63) is 0 Å². The lowest BCUT2D eigenvalue weighted by molar-refractivity contribution is -0.117. The van der Waals surface area contributed by atoms with Crippen molar-refractivity contribution < 1.29 is 4.79 Å². The number of unbranched alkanes of at least 4 members (excludes halogenated alkanes) is 2. The van der Waals surface area contributed by atoms with Gasteiger partial charge in [0.05, 0.1) is 6.34 Å². The molecule has 0 radical (unpaired) electrons. The Morgan fingerprint density at radius 3 is 2.73 bits per heavy atom. The van der Waals surface area contributed by atoms with Crippen molar-refractivity contribution in [1.82, 2.24) is 0 Å². The molecular weight excluding hydrogens is 140 g/mol. The third kappa shape index (κ3) is 9.14. The number of nitrogens with zero attached hydrogens (tertiary/aromatic N) is 1. The Bertz CT molecular complexity index is 132. The van der Waals surface area contributed by atoms with Crippen LogP contribution in [0.3, 0.4) is 0 Å². The van der Waals surface area contributed by atoms with E-state index in [0.29, 0.717) is 6.42 Å². The lowest BCUT2D eigenvalue weighted by Gasteiger charge is -1.94. The second-order valence-electron chi connectivity index (χ2n) is 2.57. The highest BCUT2D eigenvalue weighted by atomic mass is 16.1. The minimum atomic E-state index is 0.271. The molecule has 0 bridgehead atoms. The number of nitrogens with two attached hydrogens (primary N) is 1. The molecule has 0 amide bonds. The number of carbonyl (C=O) groups is 1. The van der Waals surface area contributed by atoms with Gasteiger partial charge in [-0.1, -0.05) is 6.42 Å².